The second-order valence-corrected chi connectivity index (χ2v) is 6.49. The molecule has 0 atom stereocenters. The molecule has 2 N–H and O–H groups in total. The zero-order valence-electron chi connectivity index (χ0n) is 11.5. The third-order valence-electron chi connectivity index (χ3n) is 4.74. The lowest BCUT2D eigenvalue weighted by atomic mass is 9.63. The van der Waals surface area contributed by atoms with Crippen molar-refractivity contribution in [3.05, 3.63) is 29.3 Å². The van der Waals surface area contributed by atoms with Gasteiger partial charge >= 0.3 is 0 Å². The van der Waals surface area contributed by atoms with Gasteiger partial charge in [0.2, 0.25) is 0 Å². The molecule has 1 aliphatic heterocycles. The van der Waals surface area contributed by atoms with E-state index in [2.05, 4.69) is 32.0 Å². The van der Waals surface area contributed by atoms with Crippen molar-refractivity contribution in [2.75, 3.05) is 6.54 Å². The number of aryl methyl sites for hydroxylation is 1. The van der Waals surface area contributed by atoms with Crippen LogP contribution in [0.5, 0.6) is 5.75 Å². The van der Waals surface area contributed by atoms with Crippen LogP contribution in [0.2, 0.25) is 0 Å². The molecule has 0 bridgehead atoms. The Kier molecular flexibility index (Phi) is 2.67. The Morgan fingerprint density at radius 1 is 1.22 bits per heavy atom. The lowest BCUT2D eigenvalue weighted by Gasteiger charge is -2.44. The summed E-state index contributed by atoms with van der Waals surface area (Å²) >= 11 is 0. The molecule has 0 aromatic heterocycles. The molecular weight excluding hydrogens is 222 g/mol. The molecule has 0 radical (unpaired) electrons. The second-order valence-electron chi connectivity index (χ2n) is 6.49. The number of ether oxygens (including phenoxy) is 1. The van der Waals surface area contributed by atoms with Crippen molar-refractivity contribution in [3.63, 3.8) is 0 Å². The molecule has 18 heavy (non-hydrogen) atoms. The van der Waals surface area contributed by atoms with E-state index in [1.165, 1.54) is 30.4 Å². The van der Waals surface area contributed by atoms with Crippen LogP contribution in [0, 0.1) is 0 Å². The van der Waals surface area contributed by atoms with E-state index in [1.54, 1.807) is 0 Å². The normalized spacial score (nSPS) is 23.7. The Labute approximate surface area is 110 Å². The zero-order chi connectivity index (χ0) is 12.8. The number of benzene rings is 1. The second kappa shape index (κ2) is 3.99. The highest BCUT2D eigenvalue weighted by molar-refractivity contribution is 5.48. The van der Waals surface area contributed by atoms with Crippen molar-refractivity contribution < 1.29 is 4.74 Å². The predicted molar refractivity (Wildman–Crippen MR) is 74.1 cm³/mol. The van der Waals surface area contributed by atoms with Gasteiger partial charge in [0.1, 0.15) is 11.4 Å². The summed E-state index contributed by atoms with van der Waals surface area (Å²) in [5.74, 6) is 1.14. The van der Waals surface area contributed by atoms with Crippen molar-refractivity contribution in [2.24, 2.45) is 5.73 Å². The van der Waals surface area contributed by atoms with Gasteiger partial charge in [-0.1, -0.05) is 24.6 Å². The fourth-order valence-electron chi connectivity index (χ4n) is 3.27. The van der Waals surface area contributed by atoms with Crippen LogP contribution >= 0.6 is 0 Å². The van der Waals surface area contributed by atoms with E-state index in [-0.39, 0.29) is 11.0 Å². The molecule has 98 valence electrons. The molecule has 1 aliphatic carbocycles. The number of para-hydroxylation sites is 1. The summed E-state index contributed by atoms with van der Waals surface area (Å²) in [6.07, 6.45) is 5.94. The Balaban J connectivity index is 2.06. The summed E-state index contributed by atoms with van der Waals surface area (Å²) in [6, 6.07) is 6.61. The van der Waals surface area contributed by atoms with Gasteiger partial charge in [0.15, 0.2) is 0 Å². The molecule has 0 saturated heterocycles. The van der Waals surface area contributed by atoms with E-state index in [9.17, 15) is 0 Å². The van der Waals surface area contributed by atoms with Crippen LogP contribution in [0.4, 0.5) is 0 Å². The fourth-order valence-corrected chi connectivity index (χ4v) is 3.27. The highest BCUT2D eigenvalue weighted by atomic mass is 16.5. The first-order chi connectivity index (χ1) is 8.56. The molecular formula is C16H23NO. The highest BCUT2D eigenvalue weighted by Crippen LogP contribution is 2.49. The largest absolute Gasteiger partial charge is 0.487 e. The number of rotatable bonds is 2. The average molecular weight is 245 g/mol. The van der Waals surface area contributed by atoms with Crippen LogP contribution in [0.3, 0.4) is 0 Å². The molecule has 2 heteroatoms. The van der Waals surface area contributed by atoms with E-state index in [0.717, 1.165) is 25.1 Å². The third kappa shape index (κ3) is 1.74. The minimum Gasteiger partial charge on any atom is -0.487 e. The summed E-state index contributed by atoms with van der Waals surface area (Å²) in [4.78, 5) is 0. The smallest absolute Gasteiger partial charge is 0.127 e. The van der Waals surface area contributed by atoms with Crippen molar-refractivity contribution in [1.82, 2.24) is 0 Å². The van der Waals surface area contributed by atoms with Crippen molar-refractivity contribution >= 4 is 0 Å². The molecule has 2 aliphatic rings. The van der Waals surface area contributed by atoms with Gasteiger partial charge in [0.05, 0.1) is 0 Å². The van der Waals surface area contributed by atoms with E-state index < -0.39 is 0 Å². The summed E-state index contributed by atoms with van der Waals surface area (Å²) in [7, 11) is 0. The summed E-state index contributed by atoms with van der Waals surface area (Å²) in [5, 5.41) is 0. The van der Waals surface area contributed by atoms with Gasteiger partial charge in [0.25, 0.3) is 0 Å². The molecule has 1 saturated carbocycles. The van der Waals surface area contributed by atoms with Gasteiger partial charge in [0, 0.05) is 17.5 Å². The number of fused-ring (bicyclic) bond motifs is 1. The van der Waals surface area contributed by atoms with E-state index in [1.807, 2.05) is 0 Å². The Morgan fingerprint density at radius 3 is 2.61 bits per heavy atom. The molecule has 1 aromatic rings. The van der Waals surface area contributed by atoms with Crippen molar-refractivity contribution in [1.29, 1.82) is 0 Å². The number of nitrogens with two attached hydrogens (primary N) is 1. The van der Waals surface area contributed by atoms with Crippen LogP contribution in [-0.2, 0) is 11.8 Å². The van der Waals surface area contributed by atoms with Crippen molar-refractivity contribution in [2.45, 2.75) is 57.0 Å². The van der Waals surface area contributed by atoms with Gasteiger partial charge < -0.3 is 10.5 Å². The van der Waals surface area contributed by atoms with Crippen molar-refractivity contribution in [3.8, 4) is 5.75 Å². The first-order valence-electron chi connectivity index (χ1n) is 7.08. The van der Waals surface area contributed by atoms with Gasteiger partial charge in [-0.2, -0.15) is 0 Å². The summed E-state index contributed by atoms with van der Waals surface area (Å²) < 4.78 is 6.28. The molecule has 3 rings (SSSR count). The first kappa shape index (κ1) is 12.0. The number of hydrogen-bond donors (Lipinski definition) is 1. The Hall–Kier alpha value is -1.02. The van der Waals surface area contributed by atoms with Gasteiger partial charge in [-0.05, 0) is 45.1 Å². The zero-order valence-corrected chi connectivity index (χ0v) is 11.5. The predicted octanol–water partition coefficient (Wildman–Crippen LogP) is 3.17. The topological polar surface area (TPSA) is 35.2 Å². The van der Waals surface area contributed by atoms with Crippen LogP contribution < -0.4 is 10.5 Å². The van der Waals surface area contributed by atoms with E-state index in [4.69, 9.17) is 10.5 Å². The number of hydrogen-bond acceptors (Lipinski definition) is 2. The molecule has 2 nitrogen and oxygen atoms in total. The van der Waals surface area contributed by atoms with Crippen LogP contribution in [0.1, 0.15) is 50.7 Å². The van der Waals surface area contributed by atoms with E-state index in [0.29, 0.717) is 0 Å². The molecule has 1 fully saturated rings. The van der Waals surface area contributed by atoms with Gasteiger partial charge in [-0.15, -0.1) is 0 Å². The van der Waals surface area contributed by atoms with Gasteiger partial charge in [-0.25, -0.2) is 0 Å². The monoisotopic (exact) mass is 245 g/mol. The molecule has 0 amide bonds. The Morgan fingerprint density at radius 2 is 2.00 bits per heavy atom. The minimum atomic E-state index is -0.0390. The van der Waals surface area contributed by atoms with E-state index >= 15 is 0 Å². The maximum atomic E-state index is 6.28. The summed E-state index contributed by atoms with van der Waals surface area (Å²) in [6.45, 7) is 5.11. The van der Waals surface area contributed by atoms with Crippen LogP contribution in [-0.4, -0.2) is 12.1 Å². The quantitative estimate of drug-likeness (QED) is 0.868. The molecule has 0 spiro atoms. The first-order valence-corrected chi connectivity index (χ1v) is 7.08. The third-order valence-corrected chi connectivity index (χ3v) is 4.74. The molecule has 0 unspecified atom stereocenters. The van der Waals surface area contributed by atoms with Crippen LogP contribution in [0.25, 0.3) is 0 Å². The Bertz CT molecular complexity index is 455. The average Bonchev–Trinajstić information content (AvgIpc) is 2.28. The maximum Gasteiger partial charge on any atom is 0.127 e. The van der Waals surface area contributed by atoms with Gasteiger partial charge in [-0.3, -0.25) is 0 Å². The highest BCUT2D eigenvalue weighted by Gasteiger charge is 2.41. The van der Waals surface area contributed by atoms with Crippen LogP contribution in [0.15, 0.2) is 18.2 Å². The maximum absolute atomic E-state index is 6.28. The SMILES string of the molecule is CC1(C)CCc2cccc(C3(CN)CCC3)c2O1. The fraction of sp³-hybridized carbons (Fsp3) is 0.625. The molecule has 1 heterocycles. The minimum absolute atomic E-state index is 0.0390. The lowest BCUT2D eigenvalue weighted by Crippen LogP contribution is -2.43. The molecule has 1 aromatic carbocycles. The lowest BCUT2D eigenvalue weighted by molar-refractivity contribution is 0.0788. The summed E-state index contributed by atoms with van der Waals surface area (Å²) in [5.41, 5.74) is 8.93. The standard InChI is InChI=1S/C16H23NO/c1-15(2)10-7-12-5-3-6-13(14(12)18-15)16(11-17)8-4-9-16/h3,5-6H,4,7-11,17H2,1-2H3.